The van der Waals surface area contributed by atoms with Crippen molar-refractivity contribution in [2.75, 3.05) is 5.32 Å². The van der Waals surface area contributed by atoms with Crippen molar-refractivity contribution >= 4 is 11.9 Å². The zero-order valence-corrected chi connectivity index (χ0v) is 12.1. The maximum absolute atomic E-state index is 13.1. The van der Waals surface area contributed by atoms with Gasteiger partial charge in [-0.1, -0.05) is 0 Å². The second-order valence-electron chi connectivity index (χ2n) is 5.19. The van der Waals surface area contributed by atoms with E-state index in [-0.39, 0.29) is 11.5 Å². The van der Waals surface area contributed by atoms with Gasteiger partial charge in [0.15, 0.2) is 0 Å². The number of nitrogens with one attached hydrogen (secondary N) is 2. The number of carboxylic acid groups (broad SMARTS) is 1. The number of carbonyl (C=O) groups is 1. The lowest BCUT2D eigenvalue weighted by Crippen LogP contribution is -2.24. The highest BCUT2D eigenvalue weighted by molar-refractivity contribution is 5.90. The Hall–Kier alpha value is -3.49. The third-order valence-electron chi connectivity index (χ3n) is 3.76. The smallest absolute Gasteiger partial charge is 0.352 e. The molecule has 1 atom stereocenters. The number of hydrogen-bond donors (Lipinski definition) is 3. The summed E-state index contributed by atoms with van der Waals surface area (Å²) < 4.78 is 14.7. The number of aromatic amines is 1. The van der Waals surface area contributed by atoms with E-state index < -0.39 is 12.0 Å². The van der Waals surface area contributed by atoms with Crippen molar-refractivity contribution in [2.45, 2.75) is 6.04 Å². The number of benzene rings is 1. The Morgan fingerprint density at radius 2 is 2.08 bits per heavy atom. The van der Waals surface area contributed by atoms with Gasteiger partial charge < -0.3 is 10.4 Å². The standard InChI is InChI=1S/C15H11FN6O2/c16-9-3-1-8(2-4-9)13-10(6-18-21-13)12-5-11(14(23)24)20-15-17-7-19-22(12)15/h1-7,12H,(H,18,21)(H,23,24)(H,17,19,20)/t12-/m1/s1. The van der Waals surface area contributed by atoms with Gasteiger partial charge in [-0.05, 0) is 30.3 Å². The Bertz CT molecular complexity index is 943. The van der Waals surface area contributed by atoms with Gasteiger partial charge in [0.25, 0.3) is 0 Å². The van der Waals surface area contributed by atoms with Crippen LogP contribution in [0.15, 0.2) is 48.6 Å². The number of aliphatic carboxylic acids is 1. The first-order valence-corrected chi connectivity index (χ1v) is 7.04. The van der Waals surface area contributed by atoms with Crippen LogP contribution in [0.2, 0.25) is 0 Å². The van der Waals surface area contributed by atoms with Crippen molar-refractivity contribution in [3.63, 3.8) is 0 Å². The first kappa shape index (κ1) is 14.1. The normalized spacial score (nSPS) is 16.2. The molecule has 1 aliphatic heterocycles. The fraction of sp³-hybridized carbons (Fsp3) is 0.0667. The Morgan fingerprint density at radius 3 is 2.83 bits per heavy atom. The van der Waals surface area contributed by atoms with E-state index in [4.69, 9.17) is 0 Å². The molecule has 0 bridgehead atoms. The van der Waals surface area contributed by atoms with Crippen LogP contribution in [0, 0.1) is 5.82 Å². The van der Waals surface area contributed by atoms with Gasteiger partial charge in [0.1, 0.15) is 23.9 Å². The predicted octanol–water partition coefficient (Wildman–Crippen LogP) is 1.79. The van der Waals surface area contributed by atoms with E-state index in [0.29, 0.717) is 17.2 Å². The molecule has 9 heteroatoms. The minimum Gasteiger partial charge on any atom is -0.477 e. The van der Waals surface area contributed by atoms with Crippen LogP contribution in [0.3, 0.4) is 0 Å². The van der Waals surface area contributed by atoms with Crippen LogP contribution in [0.25, 0.3) is 11.3 Å². The van der Waals surface area contributed by atoms with Crippen molar-refractivity contribution in [1.29, 1.82) is 0 Å². The molecule has 3 heterocycles. The van der Waals surface area contributed by atoms with Gasteiger partial charge in [-0.2, -0.15) is 15.2 Å². The minimum absolute atomic E-state index is 0.00626. The van der Waals surface area contributed by atoms with Gasteiger partial charge >= 0.3 is 5.97 Å². The van der Waals surface area contributed by atoms with Gasteiger partial charge in [-0.15, -0.1) is 0 Å². The van der Waals surface area contributed by atoms with E-state index in [0.717, 1.165) is 5.56 Å². The third-order valence-corrected chi connectivity index (χ3v) is 3.76. The maximum Gasteiger partial charge on any atom is 0.352 e. The number of anilines is 1. The van der Waals surface area contributed by atoms with Gasteiger partial charge in [0, 0.05) is 11.1 Å². The molecule has 0 fully saturated rings. The van der Waals surface area contributed by atoms with Crippen molar-refractivity contribution < 1.29 is 14.3 Å². The highest BCUT2D eigenvalue weighted by Crippen LogP contribution is 2.33. The Balaban J connectivity index is 1.84. The number of fused-ring (bicyclic) bond motifs is 1. The molecular formula is C15H11FN6O2. The molecule has 4 rings (SSSR count). The molecule has 0 radical (unpaired) electrons. The molecule has 8 nitrogen and oxygen atoms in total. The van der Waals surface area contributed by atoms with Gasteiger partial charge in [0.05, 0.1) is 11.9 Å². The summed E-state index contributed by atoms with van der Waals surface area (Å²) in [5.74, 6) is -1.11. The molecule has 3 N–H and O–H groups in total. The largest absolute Gasteiger partial charge is 0.477 e. The summed E-state index contributed by atoms with van der Waals surface area (Å²) >= 11 is 0. The van der Waals surface area contributed by atoms with Crippen LogP contribution in [-0.4, -0.2) is 36.0 Å². The maximum atomic E-state index is 13.1. The number of rotatable bonds is 3. The first-order chi connectivity index (χ1) is 11.6. The summed E-state index contributed by atoms with van der Waals surface area (Å²) in [4.78, 5) is 15.4. The predicted molar refractivity (Wildman–Crippen MR) is 81.5 cm³/mol. The number of hydrogen-bond acceptors (Lipinski definition) is 5. The Morgan fingerprint density at radius 1 is 1.29 bits per heavy atom. The molecule has 0 aliphatic carbocycles. The number of nitrogens with zero attached hydrogens (tertiary/aromatic N) is 4. The van der Waals surface area contributed by atoms with E-state index in [1.165, 1.54) is 24.5 Å². The van der Waals surface area contributed by atoms with Crippen molar-refractivity contribution in [3.05, 3.63) is 59.9 Å². The molecule has 0 saturated carbocycles. The van der Waals surface area contributed by atoms with Crippen LogP contribution in [0.5, 0.6) is 0 Å². The zero-order valence-electron chi connectivity index (χ0n) is 12.1. The molecule has 0 amide bonds. The molecule has 0 spiro atoms. The number of halogens is 1. The molecule has 0 saturated heterocycles. The molecule has 1 aromatic carbocycles. The fourth-order valence-electron chi connectivity index (χ4n) is 2.65. The number of carboxylic acids is 1. The third kappa shape index (κ3) is 2.22. The molecular weight excluding hydrogens is 315 g/mol. The quantitative estimate of drug-likeness (QED) is 0.677. The SMILES string of the molecule is O=C(O)C1=C[C@H](c2cn[nH]c2-c2ccc(F)cc2)n2ncnc2N1. The summed E-state index contributed by atoms with van der Waals surface area (Å²) in [5.41, 5.74) is 2.10. The summed E-state index contributed by atoms with van der Waals surface area (Å²) in [6.07, 6.45) is 4.46. The molecule has 0 unspecified atom stereocenters. The number of aromatic nitrogens is 5. The summed E-state index contributed by atoms with van der Waals surface area (Å²) in [7, 11) is 0. The van der Waals surface area contributed by atoms with Crippen LogP contribution in [0.4, 0.5) is 10.3 Å². The van der Waals surface area contributed by atoms with E-state index in [1.54, 1.807) is 23.0 Å². The van der Waals surface area contributed by atoms with Crippen molar-refractivity contribution in [3.8, 4) is 11.3 Å². The lowest BCUT2D eigenvalue weighted by molar-refractivity contribution is -0.132. The van der Waals surface area contributed by atoms with E-state index >= 15 is 0 Å². The zero-order chi connectivity index (χ0) is 16.7. The van der Waals surface area contributed by atoms with Crippen LogP contribution < -0.4 is 5.32 Å². The van der Waals surface area contributed by atoms with Gasteiger partial charge in [0.2, 0.25) is 5.95 Å². The van der Waals surface area contributed by atoms with Crippen LogP contribution in [-0.2, 0) is 4.79 Å². The van der Waals surface area contributed by atoms with E-state index in [2.05, 4.69) is 25.6 Å². The minimum atomic E-state index is -1.10. The summed E-state index contributed by atoms with van der Waals surface area (Å²) in [5, 5.41) is 23.0. The second kappa shape index (κ2) is 5.30. The highest BCUT2D eigenvalue weighted by Gasteiger charge is 2.28. The van der Waals surface area contributed by atoms with Crippen LogP contribution >= 0.6 is 0 Å². The van der Waals surface area contributed by atoms with E-state index in [9.17, 15) is 14.3 Å². The topological polar surface area (TPSA) is 109 Å². The monoisotopic (exact) mass is 326 g/mol. The highest BCUT2D eigenvalue weighted by atomic mass is 19.1. The Kier molecular flexibility index (Phi) is 3.12. The fourth-order valence-corrected chi connectivity index (χ4v) is 2.65. The lowest BCUT2D eigenvalue weighted by Gasteiger charge is -2.22. The van der Waals surface area contributed by atoms with Gasteiger partial charge in [-0.25, -0.2) is 13.9 Å². The molecule has 24 heavy (non-hydrogen) atoms. The van der Waals surface area contributed by atoms with E-state index in [1.807, 2.05) is 0 Å². The second-order valence-corrected chi connectivity index (χ2v) is 5.19. The number of H-pyrrole nitrogens is 1. The summed E-state index contributed by atoms with van der Waals surface area (Å²) in [6, 6.07) is 5.44. The summed E-state index contributed by atoms with van der Waals surface area (Å²) in [6.45, 7) is 0. The van der Waals surface area contributed by atoms with Gasteiger partial charge in [-0.3, -0.25) is 5.10 Å². The average Bonchev–Trinajstić information content (AvgIpc) is 3.23. The van der Waals surface area contributed by atoms with Crippen LogP contribution in [0.1, 0.15) is 11.6 Å². The van der Waals surface area contributed by atoms with Crippen molar-refractivity contribution in [1.82, 2.24) is 25.0 Å². The lowest BCUT2D eigenvalue weighted by atomic mass is 10.0. The molecule has 3 aromatic rings. The first-order valence-electron chi connectivity index (χ1n) is 7.04. The average molecular weight is 326 g/mol. The molecule has 120 valence electrons. The molecule has 2 aromatic heterocycles. The molecule has 1 aliphatic rings. The number of allylic oxidation sites excluding steroid dienone is 1. The van der Waals surface area contributed by atoms with Crippen molar-refractivity contribution in [2.24, 2.45) is 0 Å². The Labute approximate surface area is 134 Å².